The maximum absolute atomic E-state index is 11.5. The summed E-state index contributed by atoms with van der Waals surface area (Å²) in [6.45, 7) is 16.5. The molecule has 0 amide bonds. The summed E-state index contributed by atoms with van der Waals surface area (Å²) in [5.41, 5.74) is 1.41. The van der Waals surface area contributed by atoms with Crippen LogP contribution < -0.4 is 0 Å². The van der Waals surface area contributed by atoms with E-state index in [-0.39, 0.29) is 11.9 Å². The van der Waals surface area contributed by atoms with Crippen molar-refractivity contribution < 1.29 is 19.1 Å². The lowest BCUT2D eigenvalue weighted by atomic mass is 10.0. The van der Waals surface area contributed by atoms with Crippen LogP contribution in [0.5, 0.6) is 0 Å². The Morgan fingerprint density at radius 1 is 0.939 bits per heavy atom. The second kappa shape index (κ2) is 15.6. The molecule has 7 heteroatoms. The Labute approximate surface area is 199 Å². The first kappa shape index (κ1) is 27.0. The van der Waals surface area contributed by atoms with Gasteiger partial charge < -0.3 is 14.4 Å². The Balaban J connectivity index is 0.000000479. The molecule has 3 rings (SSSR count). The maximum Gasteiger partial charge on any atom is 0.330 e. The van der Waals surface area contributed by atoms with Crippen LogP contribution in [0.25, 0.3) is 0 Å². The molecule has 0 radical (unpaired) electrons. The van der Waals surface area contributed by atoms with E-state index < -0.39 is 0 Å². The summed E-state index contributed by atoms with van der Waals surface area (Å²) >= 11 is 0. The quantitative estimate of drug-likeness (QED) is 0.416. The molecule has 2 fully saturated rings. The predicted octanol–water partition coefficient (Wildman–Crippen LogP) is 2.96. The number of piperazine rings is 1. The van der Waals surface area contributed by atoms with Gasteiger partial charge in [-0.3, -0.25) is 14.6 Å². The zero-order chi connectivity index (χ0) is 23.9. The number of likely N-dealkylation sites (tertiary alicyclic amines) is 1. The molecule has 0 bridgehead atoms. The second-order valence-electron chi connectivity index (χ2n) is 8.38. The molecule has 0 aliphatic carbocycles. The van der Waals surface area contributed by atoms with Crippen LogP contribution in [-0.2, 0) is 25.6 Å². The fourth-order valence-corrected chi connectivity index (χ4v) is 4.32. The number of piperidine rings is 1. The van der Waals surface area contributed by atoms with E-state index in [9.17, 15) is 9.59 Å². The van der Waals surface area contributed by atoms with Crippen molar-refractivity contribution in [3.05, 3.63) is 48.6 Å². The van der Waals surface area contributed by atoms with Crippen molar-refractivity contribution in [2.75, 3.05) is 59.0 Å². The van der Waals surface area contributed by atoms with Gasteiger partial charge in [0.25, 0.3) is 0 Å². The molecule has 1 aromatic rings. The summed E-state index contributed by atoms with van der Waals surface area (Å²) in [4.78, 5) is 29.2. The molecule has 1 aromatic carbocycles. The smallest absolute Gasteiger partial charge is 0.330 e. The summed E-state index contributed by atoms with van der Waals surface area (Å²) in [6.07, 6.45) is 4.11. The molecular formula is C26H41N3O4. The van der Waals surface area contributed by atoms with Crippen molar-refractivity contribution in [1.29, 1.82) is 0 Å². The van der Waals surface area contributed by atoms with Gasteiger partial charge in [-0.25, -0.2) is 4.79 Å². The number of ether oxygens (including phenoxy) is 2. The number of nitrogens with zero attached hydrogens (tertiary/aromatic N) is 3. The van der Waals surface area contributed by atoms with Crippen molar-refractivity contribution in [2.45, 2.75) is 45.7 Å². The largest absolute Gasteiger partial charge is 0.466 e. The second-order valence-corrected chi connectivity index (χ2v) is 8.38. The number of carbonyl (C=O) groups is 2. The van der Waals surface area contributed by atoms with Crippen LogP contribution in [0.1, 0.15) is 38.7 Å². The molecule has 2 aliphatic heterocycles. The van der Waals surface area contributed by atoms with Gasteiger partial charge in [-0.05, 0) is 45.3 Å². The van der Waals surface area contributed by atoms with Gasteiger partial charge in [0.05, 0.1) is 19.6 Å². The highest BCUT2D eigenvalue weighted by atomic mass is 16.5. The van der Waals surface area contributed by atoms with E-state index >= 15 is 0 Å². The van der Waals surface area contributed by atoms with Crippen LogP contribution in [0.3, 0.4) is 0 Å². The molecular weight excluding hydrogens is 418 g/mol. The van der Waals surface area contributed by atoms with E-state index in [0.717, 1.165) is 45.3 Å². The number of rotatable bonds is 9. The molecule has 7 nitrogen and oxygen atoms in total. The first-order valence-electron chi connectivity index (χ1n) is 12.2. The highest BCUT2D eigenvalue weighted by Gasteiger charge is 2.27. The molecule has 2 aliphatic rings. The molecule has 0 atom stereocenters. The standard InChI is InChI=1S/C21H33N3O2.C5H8O2/c1-2-26-21(25)10-13-22-11-8-20(9-12-22)24-16-14-23(15-17-24)18-19-6-4-3-5-7-19;1-3-5(6)7-4-2/h3-7,20H,2,8-18H2,1H3;3H,1,4H2,2H3. The summed E-state index contributed by atoms with van der Waals surface area (Å²) in [7, 11) is 0. The number of benzene rings is 1. The van der Waals surface area contributed by atoms with Gasteiger partial charge in [-0.15, -0.1) is 0 Å². The third-order valence-electron chi connectivity index (χ3n) is 6.12. The minimum Gasteiger partial charge on any atom is -0.466 e. The van der Waals surface area contributed by atoms with E-state index in [2.05, 4.69) is 56.3 Å². The third kappa shape index (κ3) is 10.5. The lowest BCUT2D eigenvalue weighted by molar-refractivity contribution is -0.143. The first-order chi connectivity index (χ1) is 16.0. The van der Waals surface area contributed by atoms with Crippen LogP contribution in [0, 0.1) is 0 Å². The number of esters is 2. The first-order valence-corrected chi connectivity index (χ1v) is 12.2. The summed E-state index contributed by atoms with van der Waals surface area (Å²) in [5.74, 6) is -0.424. The van der Waals surface area contributed by atoms with Crippen LogP contribution in [0.4, 0.5) is 0 Å². The predicted molar refractivity (Wildman–Crippen MR) is 131 cm³/mol. The van der Waals surface area contributed by atoms with Crippen molar-refractivity contribution in [1.82, 2.24) is 14.7 Å². The Kier molecular flexibility index (Phi) is 12.8. The summed E-state index contributed by atoms with van der Waals surface area (Å²) in [6, 6.07) is 11.5. The van der Waals surface area contributed by atoms with Gasteiger partial charge in [0, 0.05) is 51.4 Å². The van der Waals surface area contributed by atoms with Gasteiger partial charge >= 0.3 is 11.9 Å². The van der Waals surface area contributed by atoms with Crippen LogP contribution in [0.15, 0.2) is 43.0 Å². The van der Waals surface area contributed by atoms with Gasteiger partial charge in [0.15, 0.2) is 0 Å². The summed E-state index contributed by atoms with van der Waals surface area (Å²) < 4.78 is 9.46. The van der Waals surface area contributed by atoms with Crippen molar-refractivity contribution >= 4 is 11.9 Å². The van der Waals surface area contributed by atoms with Crippen LogP contribution in [0.2, 0.25) is 0 Å². The van der Waals surface area contributed by atoms with Gasteiger partial charge in [-0.1, -0.05) is 36.9 Å². The Morgan fingerprint density at radius 2 is 1.58 bits per heavy atom. The van der Waals surface area contributed by atoms with Gasteiger partial charge in [-0.2, -0.15) is 0 Å². The lowest BCUT2D eigenvalue weighted by Gasteiger charge is -2.42. The van der Waals surface area contributed by atoms with Crippen LogP contribution >= 0.6 is 0 Å². The molecule has 0 aromatic heterocycles. The highest BCUT2D eigenvalue weighted by Crippen LogP contribution is 2.19. The Bertz CT molecular complexity index is 697. The molecule has 0 N–H and O–H groups in total. The fourth-order valence-electron chi connectivity index (χ4n) is 4.32. The zero-order valence-corrected chi connectivity index (χ0v) is 20.4. The molecule has 0 saturated carbocycles. The van der Waals surface area contributed by atoms with E-state index in [4.69, 9.17) is 4.74 Å². The third-order valence-corrected chi connectivity index (χ3v) is 6.12. The topological polar surface area (TPSA) is 62.3 Å². The molecule has 2 heterocycles. The fraction of sp³-hybridized carbons (Fsp3) is 0.615. The SMILES string of the molecule is C=CC(=O)OCC.CCOC(=O)CCN1CCC(N2CCN(Cc3ccccc3)CC2)CC1. The zero-order valence-electron chi connectivity index (χ0n) is 20.4. The minimum absolute atomic E-state index is 0.0656. The summed E-state index contributed by atoms with van der Waals surface area (Å²) in [5, 5.41) is 0. The molecule has 184 valence electrons. The minimum atomic E-state index is -0.359. The van der Waals surface area contributed by atoms with Crippen molar-refractivity contribution in [3.63, 3.8) is 0 Å². The lowest BCUT2D eigenvalue weighted by Crippen LogP contribution is -2.53. The molecule has 0 spiro atoms. The van der Waals surface area contributed by atoms with E-state index in [1.165, 1.54) is 31.5 Å². The van der Waals surface area contributed by atoms with E-state index in [1.807, 2.05) is 6.92 Å². The average Bonchev–Trinajstić information content (AvgIpc) is 2.85. The van der Waals surface area contributed by atoms with E-state index in [0.29, 0.717) is 25.7 Å². The van der Waals surface area contributed by atoms with Gasteiger partial charge in [0.2, 0.25) is 0 Å². The molecule has 33 heavy (non-hydrogen) atoms. The number of hydrogen-bond acceptors (Lipinski definition) is 7. The molecule has 2 saturated heterocycles. The highest BCUT2D eigenvalue weighted by molar-refractivity contribution is 5.81. The normalized spacial score (nSPS) is 18.1. The van der Waals surface area contributed by atoms with Gasteiger partial charge in [0.1, 0.15) is 0 Å². The van der Waals surface area contributed by atoms with Crippen molar-refractivity contribution in [2.24, 2.45) is 0 Å². The van der Waals surface area contributed by atoms with E-state index in [1.54, 1.807) is 6.92 Å². The van der Waals surface area contributed by atoms with Crippen molar-refractivity contribution in [3.8, 4) is 0 Å². The molecule has 0 unspecified atom stereocenters. The maximum atomic E-state index is 11.5. The average molecular weight is 460 g/mol. The Hall–Kier alpha value is -2.22. The monoisotopic (exact) mass is 459 g/mol. The number of hydrogen-bond donors (Lipinski definition) is 0. The van der Waals surface area contributed by atoms with Crippen LogP contribution in [-0.4, -0.2) is 91.7 Å². The Morgan fingerprint density at radius 3 is 2.12 bits per heavy atom. The number of carbonyl (C=O) groups excluding carboxylic acids is 2.